The fourth-order valence-corrected chi connectivity index (χ4v) is 2.00. The Morgan fingerprint density at radius 2 is 1.85 bits per heavy atom. The molecule has 0 atom stereocenters. The van der Waals surface area contributed by atoms with Gasteiger partial charge in [0.15, 0.2) is 6.61 Å². The summed E-state index contributed by atoms with van der Waals surface area (Å²) in [4.78, 5) is 24.2. The molecule has 7 nitrogen and oxygen atoms in total. The number of hydrogen-bond donors (Lipinski definition) is 3. The van der Waals surface area contributed by atoms with Crippen LogP contribution in [-0.4, -0.2) is 44.3 Å². The van der Waals surface area contributed by atoms with Crippen LogP contribution in [0.2, 0.25) is 0 Å². The van der Waals surface area contributed by atoms with E-state index in [1.807, 2.05) is 6.92 Å². The average molecular weight is 369 g/mol. The van der Waals surface area contributed by atoms with E-state index in [2.05, 4.69) is 5.32 Å². The molecule has 0 aliphatic rings. The van der Waals surface area contributed by atoms with Crippen LogP contribution in [0.4, 0.5) is 8.78 Å². The second-order valence-electron chi connectivity index (χ2n) is 5.22. The van der Waals surface area contributed by atoms with E-state index in [1.165, 1.54) is 7.11 Å². The van der Waals surface area contributed by atoms with Gasteiger partial charge in [-0.3, -0.25) is 4.79 Å². The number of esters is 1. The van der Waals surface area contributed by atoms with E-state index in [9.17, 15) is 18.4 Å². The Kier molecular flexibility index (Phi) is 8.36. The number of benzene rings is 1. The van der Waals surface area contributed by atoms with Gasteiger partial charge in [-0.15, -0.1) is 0 Å². The van der Waals surface area contributed by atoms with Crippen LogP contribution >= 0.6 is 0 Å². The second-order valence-corrected chi connectivity index (χ2v) is 5.22. The summed E-state index contributed by atoms with van der Waals surface area (Å²) in [5.74, 6) is -4.34. The van der Waals surface area contributed by atoms with Gasteiger partial charge in [0, 0.05) is 13.7 Å². The third-order valence-electron chi connectivity index (χ3n) is 3.21. The quantitative estimate of drug-likeness (QED) is 0.249. The van der Waals surface area contributed by atoms with Crippen molar-refractivity contribution >= 4 is 17.5 Å². The molecule has 1 aromatic carbocycles. The number of carbonyl (C=O) groups is 2. The maximum atomic E-state index is 13.6. The molecule has 0 bridgehead atoms. The van der Waals surface area contributed by atoms with Crippen molar-refractivity contribution in [1.82, 2.24) is 5.32 Å². The van der Waals surface area contributed by atoms with Crippen LogP contribution in [0.25, 0.3) is 0 Å². The molecule has 4 N–H and O–H groups in total. The molecule has 142 valence electrons. The lowest BCUT2D eigenvalue weighted by molar-refractivity contribution is -0.137. The first-order chi connectivity index (χ1) is 12.3. The van der Waals surface area contributed by atoms with Crippen LogP contribution in [0.1, 0.15) is 23.7 Å². The molecular formula is C17H21F2N3O4. The van der Waals surface area contributed by atoms with Crippen LogP contribution in [-0.2, 0) is 14.3 Å². The fourth-order valence-electron chi connectivity index (χ4n) is 2.00. The number of ketones is 1. The van der Waals surface area contributed by atoms with Gasteiger partial charge in [-0.25, -0.2) is 13.6 Å². The molecule has 0 saturated heterocycles. The Morgan fingerprint density at radius 3 is 2.38 bits per heavy atom. The summed E-state index contributed by atoms with van der Waals surface area (Å²) in [5, 5.41) is 10.6. The summed E-state index contributed by atoms with van der Waals surface area (Å²) in [6.07, 6.45) is 0.714. The number of Topliss-reactive ketones (excluding diaryl/α,β-unsaturated/α-hetero) is 1. The van der Waals surface area contributed by atoms with Gasteiger partial charge in [0.1, 0.15) is 23.0 Å². The largest absolute Gasteiger partial charge is 0.454 e. The Hall–Kier alpha value is -2.81. The molecule has 26 heavy (non-hydrogen) atoms. The number of halogens is 2. The minimum absolute atomic E-state index is 0.108. The van der Waals surface area contributed by atoms with E-state index in [0.29, 0.717) is 13.0 Å². The lowest BCUT2D eigenvalue weighted by Gasteiger charge is -2.13. The van der Waals surface area contributed by atoms with E-state index in [-0.39, 0.29) is 23.7 Å². The zero-order valence-corrected chi connectivity index (χ0v) is 14.5. The first-order valence-electron chi connectivity index (χ1n) is 7.78. The van der Waals surface area contributed by atoms with E-state index < -0.39 is 35.6 Å². The zero-order valence-electron chi connectivity index (χ0n) is 14.5. The Labute approximate surface area is 149 Å². The number of carbonyl (C=O) groups excluding carboxylic acids is 2. The monoisotopic (exact) mass is 369 g/mol. The SMILES string of the molecule is CCCN/C(N)=C(\C(=N)COC)C(=O)OCC(=O)c1c(F)cccc1F. The number of hydrogen-bond acceptors (Lipinski definition) is 7. The van der Waals surface area contributed by atoms with Crippen LogP contribution < -0.4 is 11.1 Å². The molecule has 0 saturated carbocycles. The minimum atomic E-state index is -1.07. The fraction of sp³-hybridized carbons (Fsp3) is 0.353. The highest BCUT2D eigenvalue weighted by Gasteiger charge is 2.24. The van der Waals surface area contributed by atoms with Crippen molar-refractivity contribution in [3.8, 4) is 0 Å². The maximum absolute atomic E-state index is 13.6. The predicted octanol–water partition coefficient (Wildman–Crippen LogP) is 1.53. The molecule has 0 aliphatic heterocycles. The highest BCUT2D eigenvalue weighted by atomic mass is 19.1. The van der Waals surface area contributed by atoms with Crippen LogP contribution in [0.3, 0.4) is 0 Å². The summed E-state index contributed by atoms with van der Waals surface area (Å²) < 4.78 is 36.8. The third kappa shape index (κ3) is 5.62. The summed E-state index contributed by atoms with van der Waals surface area (Å²) in [7, 11) is 1.33. The molecule has 0 spiro atoms. The van der Waals surface area contributed by atoms with E-state index >= 15 is 0 Å². The number of nitrogens with one attached hydrogen (secondary N) is 2. The smallest absolute Gasteiger partial charge is 0.344 e. The zero-order chi connectivity index (χ0) is 19.7. The van der Waals surface area contributed by atoms with E-state index in [0.717, 1.165) is 18.2 Å². The predicted molar refractivity (Wildman–Crippen MR) is 90.8 cm³/mol. The minimum Gasteiger partial charge on any atom is -0.454 e. The van der Waals surface area contributed by atoms with E-state index in [4.69, 9.17) is 20.6 Å². The lowest BCUT2D eigenvalue weighted by Crippen LogP contribution is -2.31. The van der Waals surface area contributed by atoms with Crippen molar-refractivity contribution in [3.63, 3.8) is 0 Å². The van der Waals surface area contributed by atoms with Crippen molar-refractivity contribution in [1.29, 1.82) is 5.41 Å². The first-order valence-corrected chi connectivity index (χ1v) is 7.78. The molecule has 9 heteroatoms. The Balaban J connectivity index is 2.93. The van der Waals surface area contributed by atoms with Crippen molar-refractivity contribution in [2.45, 2.75) is 13.3 Å². The first kappa shape index (κ1) is 21.2. The maximum Gasteiger partial charge on any atom is 0.344 e. The van der Waals surface area contributed by atoms with Crippen LogP contribution in [0.5, 0.6) is 0 Å². The van der Waals surface area contributed by atoms with Crippen molar-refractivity contribution in [3.05, 3.63) is 46.8 Å². The van der Waals surface area contributed by atoms with Gasteiger partial charge in [0.05, 0.1) is 17.9 Å². The molecule has 0 amide bonds. The lowest BCUT2D eigenvalue weighted by atomic mass is 10.1. The second kappa shape index (κ2) is 10.2. The molecule has 0 fully saturated rings. The number of methoxy groups -OCH3 is 1. The molecule has 0 heterocycles. The average Bonchev–Trinajstić information content (AvgIpc) is 2.58. The third-order valence-corrected chi connectivity index (χ3v) is 3.21. The summed E-state index contributed by atoms with van der Waals surface area (Å²) in [5.41, 5.74) is 4.41. The summed E-state index contributed by atoms with van der Waals surface area (Å²) >= 11 is 0. The molecular weight excluding hydrogens is 348 g/mol. The van der Waals surface area contributed by atoms with Crippen LogP contribution in [0.15, 0.2) is 29.6 Å². The highest BCUT2D eigenvalue weighted by molar-refractivity contribution is 6.19. The number of ether oxygens (including phenoxy) is 2. The molecule has 0 unspecified atom stereocenters. The van der Waals surface area contributed by atoms with Gasteiger partial charge >= 0.3 is 5.97 Å². The number of rotatable bonds is 10. The van der Waals surface area contributed by atoms with Gasteiger partial charge in [0.25, 0.3) is 0 Å². The van der Waals surface area contributed by atoms with Crippen molar-refractivity contribution < 1.29 is 27.8 Å². The Bertz CT molecular complexity index is 700. The molecule has 1 rings (SSSR count). The summed E-state index contributed by atoms with van der Waals surface area (Å²) in [6.45, 7) is 1.21. The van der Waals surface area contributed by atoms with E-state index in [1.54, 1.807) is 0 Å². The highest BCUT2D eigenvalue weighted by Crippen LogP contribution is 2.13. The van der Waals surface area contributed by atoms with Crippen molar-refractivity contribution in [2.75, 3.05) is 26.9 Å². The Morgan fingerprint density at radius 1 is 1.23 bits per heavy atom. The van der Waals surface area contributed by atoms with Gasteiger partial charge < -0.3 is 25.9 Å². The molecule has 0 radical (unpaired) electrons. The topological polar surface area (TPSA) is 114 Å². The summed E-state index contributed by atoms with van der Waals surface area (Å²) in [6, 6.07) is 2.95. The van der Waals surface area contributed by atoms with Gasteiger partial charge in [0.2, 0.25) is 5.78 Å². The normalized spacial score (nSPS) is 11.5. The van der Waals surface area contributed by atoms with Gasteiger partial charge in [-0.1, -0.05) is 13.0 Å². The molecule has 1 aromatic rings. The van der Waals surface area contributed by atoms with Gasteiger partial charge in [-0.05, 0) is 18.6 Å². The van der Waals surface area contributed by atoms with Gasteiger partial charge in [-0.2, -0.15) is 0 Å². The standard InChI is InChI=1S/C17H21F2N3O4/c1-3-7-22-16(21)15(12(20)8-25-2)17(24)26-9-13(23)14-10(18)5-4-6-11(14)19/h4-6,20,22H,3,7-9,21H2,1-2H3/b16-15+,20-12?. The van der Waals surface area contributed by atoms with Crippen LogP contribution in [0, 0.1) is 17.0 Å². The number of nitrogens with two attached hydrogens (primary N) is 1. The molecule has 0 aromatic heterocycles. The molecule has 0 aliphatic carbocycles. The van der Waals surface area contributed by atoms with Crippen molar-refractivity contribution in [2.24, 2.45) is 5.73 Å².